The molecule has 2 amide bonds. The molecule has 0 N–H and O–H groups in total. The van der Waals surface area contributed by atoms with E-state index in [0.717, 1.165) is 37.2 Å². The van der Waals surface area contributed by atoms with Gasteiger partial charge in [-0.25, -0.2) is 0 Å². The van der Waals surface area contributed by atoms with Crippen LogP contribution in [0.3, 0.4) is 0 Å². The molecule has 0 saturated carbocycles. The van der Waals surface area contributed by atoms with E-state index in [1.807, 2.05) is 18.2 Å². The molecule has 27 heavy (non-hydrogen) atoms. The van der Waals surface area contributed by atoms with Gasteiger partial charge < -0.3 is 19.3 Å². The lowest BCUT2D eigenvalue weighted by Gasteiger charge is -2.23. The van der Waals surface area contributed by atoms with Crippen molar-refractivity contribution in [2.45, 2.75) is 32.1 Å². The Morgan fingerprint density at radius 2 is 1.81 bits per heavy atom. The molecule has 0 bridgehead atoms. The first kappa shape index (κ1) is 19.2. The number of nitrogens with zero attached hydrogens (tertiary/aromatic N) is 2. The van der Waals surface area contributed by atoms with E-state index in [1.54, 1.807) is 9.80 Å². The average Bonchev–Trinajstić information content (AvgIpc) is 2.97. The summed E-state index contributed by atoms with van der Waals surface area (Å²) in [5.74, 6) is 0.412. The molecule has 1 saturated heterocycles. The summed E-state index contributed by atoms with van der Waals surface area (Å²) < 4.78 is 10.2. The first-order valence-corrected chi connectivity index (χ1v) is 9.48. The van der Waals surface area contributed by atoms with Crippen molar-refractivity contribution in [2.24, 2.45) is 0 Å². The fraction of sp³-hybridized carbons (Fsp3) is 0.550. The number of methoxy groups -OCH3 is 1. The van der Waals surface area contributed by atoms with Crippen molar-refractivity contribution in [1.82, 2.24) is 9.80 Å². The second-order valence-corrected chi connectivity index (χ2v) is 6.88. The number of amides is 2. The monoisotopic (exact) mass is 374 g/mol. The molecule has 2 aliphatic heterocycles. The van der Waals surface area contributed by atoms with E-state index in [2.05, 4.69) is 4.74 Å². The molecule has 3 rings (SSSR count). The average molecular weight is 374 g/mol. The normalized spacial score (nSPS) is 16.8. The Hall–Kier alpha value is -2.57. The minimum Gasteiger partial charge on any atom is -0.493 e. The Morgan fingerprint density at radius 3 is 2.63 bits per heavy atom. The van der Waals surface area contributed by atoms with E-state index in [1.165, 1.54) is 7.11 Å². The van der Waals surface area contributed by atoms with Crippen molar-refractivity contribution in [3.05, 3.63) is 29.3 Å². The van der Waals surface area contributed by atoms with E-state index in [0.29, 0.717) is 31.7 Å². The van der Waals surface area contributed by atoms with Crippen LogP contribution >= 0.6 is 0 Å². The van der Waals surface area contributed by atoms with Crippen LogP contribution in [-0.2, 0) is 20.7 Å². The number of esters is 1. The summed E-state index contributed by atoms with van der Waals surface area (Å²) in [7, 11) is 1.31. The minimum absolute atomic E-state index is 0.00719. The summed E-state index contributed by atoms with van der Waals surface area (Å²) in [6, 6.07) is 5.62. The van der Waals surface area contributed by atoms with Crippen LogP contribution in [0.4, 0.5) is 0 Å². The molecule has 0 unspecified atom stereocenters. The zero-order valence-corrected chi connectivity index (χ0v) is 15.7. The van der Waals surface area contributed by atoms with Gasteiger partial charge in [-0.05, 0) is 43.0 Å². The maximum absolute atomic E-state index is 12.9. The molecule has 0 radical (unpaired) electrons. The molecule has 0 aromatic heterocycles. The zero-order valence-electron chi connectivity index (χ0n) is 15.7. The zero-order chi connectivity index (χ0) is 19.2. The summed E-state index contributed by atoms with van der Waals surface area (Å²) in [6.45, 7) is 2.93. The van der Waals surface area contributed by atoms with Crippen LogP contribution in [0.15, 0.2) is 18.2 Å². The second kappa shape index (κ2) is 8.88. The van der Waals surface area contributed by atoms with Gasteiger partial charge in [-0.15, -0.1) is 0 Å². The number of rotatable bonds is 4. The lowest BCUT2D eigenvalue weighted by molar-refractivity contribution is -0.143. The molecule has 0 atom stereocenters. The third-order valence-electron chi connectivity index (χ3n) is 5.06. The van der Waals surface area contributed by atoms with Crippen LogP contribution in [0.5, 0.6) is 5.75 Å². The van der Waals surface area contributed by atoms with Gasteiger partial charge in [0.15, 0.2) is 0 Å². The number of fused-ring (bicyclic) bond motifs is 1. The van der Waals surface area contributed by atoms with Gasteiger partial charge >= 0.3 is 5.97 Å². The lowest BCUT2D eigenvalue weighted by Crippen LogP contribution is -2.37. The van der Waals surface area contributed by atoms with Gasteiger partial charge in [-0.2, -0.15) is 0 Å². The summed E-state index contributed by atoms with van der Waals surface area (Å²) in [4.78, 5) is 39.9. The smallest absolute Gasteiger partial charge is 0.306 e. The fourth-order valence-electron chi connectivity index (χ4n) is 3.52. The fourth-order valence-corrected chi connectivity index (χ4v) is 3.52. The molecule has 1 aromatic rings. The molecule has 2 aliphatic rings. The molecule has 7 nitrogen and oxygen atoms in total. The second-order valence-electron chi connectivity index (χ2n) is 6.88. The third-order valence-corrected chi connectivity index (χ3v) is 5.06. The standard InChI is InChI=1S/C20H26N2O5/c1-26-19(24)8-7-18(23)21-9-3-10-22(12-11-21)20(25)16-5-6-17-15(14-16)4-2-13-27-17/h5-6,14H,2-4,7-13H2,1H3. The van der Waals surface area contributed by atoms with Crippen molar-refractivity contribution < 1.29 is 23.9 Å². The first-order chi connectivity index (χ1) is 13.1. The largest absolute Gasteiger partial charge is 0.493 e. The van der Waals surface area contributed by atoms with Gasteiger partial charge in [-0.1, -0.05) is 0 Å². The van der Waals surface area contributed by atoms with E-state index < -0.39 is 0 Å². The van der Waals surface area contributed by atoms with Crippen LogP contribution in [0.25, 0.3) is 0 Å². The highest BCUT2D eigenvalue weighted by atomic mass is 16.5. The van der Waals surface area contributed by atoms with Gasteiger partial charge in [0.2, 0.25) is 5.91 Å². The van der Waals surface area contributed by atoms with Crippen LogP contribution in [0, 0.1) is 0 Å². The summed E-state index contributed by atoms with van der Waals surface area (Å²) in [5.41, 5.74) is 1.76. The van der Waals surface area contributed by atoms with E-state index >= 15 is 0 Å². The molecule has 0 spiro atoms. The molecular formula is C20H26N2O5. The van der Waals surface area contributed by atoms with Gasteiger partial charge in [0.1, 0.15) is 5.75 Å². The van der Waals surface area contributed by atoms with Gasteiger partial charge in [0.25, 0.3) is 5.91 Å². The molecule has 0 aliphatic carbocycles. The van der Waals surface area contributed by atoms with Gasteiger partial charge in [-0.3, -0.25) is 14.4 Å². The van der Waals surface area contributed by atoms with Crippen LogP contribution in [0.1, 0.15) is 41.6 Å². The van der Waals surface area contributed by atoms with Crippen LogP contribution < -0.4 is 4.74 Å². The number of hydrogen-bond acceptors (Lipinski definition) is 5. The Morgan fingerprint density at radius 1 is 1.04 bits per heavy atom. The predicted molar refractivity (Wildman–Crippen MR) is 98.6 cm³/mol. The Balaban J connectivity index is 1.58. The Kier molecular flexibility index (Phi) is 6.32. The van der Waals surface area contributed by atoms with E-state index in [9.17, 15) is 14.4 Å². The summed E-state index contributed by atoms with van der Waals surface area (Å²) in [5, 5.41) is 0. The minimum atomic E-state index is -0.383. The third kappa shape index (κ3) is 4.78. The number of hydrogen-bond donors (Lipinski definition) is 0. The van der Waals surface area contributed by atoms with Crippen LogP contribution in [0.2, 0.25) is 0 Å². The topological polar surface area (TPSA) is 76.2 Å². The van der Waals surface area contributed by atoms with Crippen LogP contribution in [-0.4, -0.2) is 67.5 Å². The number of carbonyl (C=O) groups is 3. The van der Waals surface area contributed by atoms with Gasteiger partial charge in [0.05, 0.1) is 20.1 Å². The lowest BCUT2D eigenvalue weighted by atomic mass is 10.0. The van der Waals surface area contributed by atoms with Crippen molar-refractivity contribution in [3.63, 3.8) is 0 Å². The Bertz CT molecular complexity index is 718. The number of ether oxygens (including phenoxy) is 2. The molecule has 1 fully saturated rings. The quantitative estimate of drug-likeness (QED) is 0.749. The summed E-state index contributed by atoms with van der Waals surface area (Å²) >= 11 is 0. The Labute approximate surface area is 159 Å². The number of aryl methyl sites for hydroxylation is 1. The first-order valence-electron chi connectivity index (χ1n) is 9.48. The van der Waals surface area contributed by atoms with Gasteiger partial charge in [0, 0.05) is 38.2 Å². The maximum Gasteiger partial charge on any atom is 0.306 e. The van der Waals surface area contributed by atoms with Crippen molar-refractivity contribution in [2.75, 3.05) is 39.9 Å². The highest BCUT2D eigenvalue weighted by molar-refractivity contribution is 5.94. The maximum atomic E-state index is 12.9. The molecule has 1 aromatic carbocycles. The summed E-state index contributed by atoms with van der Waals surface area (Å²) in [6.07, 6.45) is 2.86. The van der Waals surface area contributed by atoms with E-state index in [4.69, 9.17) is 4.74 Å². The predicted octanol–water partition coefficient (Wildman–Crippen LogP) is 1.64. The van der Waals surface area contributed by atoms with Crippen molar-refractivity contribution in [3.8, 4) is 5.75 Å². The molecule has 146 valence electrons. The van der Waals surface area contributed by atoms with Crippen molar-refractivity contribution >= 4 is 17.8 Å². The van der Waals surface area contributed by atoms with E-state index in [-0.39, 0.29) is 30.6 Å². The highest BCUT2D eigenvalue weighted by Gasteiger charge is 2.24. The SMILES string of the molecule is COC(=O)CCC(=O)N1CCCN(C(=O)c2ccc3c(c2)CCCO3)CC1. The number of benzene rings is 1. The number of carbonyl (C=O) groups excluding carboxylic acids is 3. The highest BCUT2D eigenvalue weighted by Crippen LogP contribution is 2.26. The van der Waals surface area contributed by atoms with Crippen molar-refractivity contribution in [1.29, 1.82) is 0 Å². The molecule has 7 heteroatoms. The molecular weight excluding hydrogens is 348 g/mol. The molecule has 2 heterocycles.